The van der Waals surface area contributed by atoms with Crippen molar-refractivity contribution in [3.63, 3.8) is 0 Å². The van der Waals surface area contributed by atoms with Crippen LogP contribution in [0.5, 0.6) is 0 Å². The van der Waals surface area contributed by atoms with E-state index in [2.05, 4.69) is 20.3 Å². The van der Waals surface area contributed by atoms with E-state index in [1.165, 1.54) is 0 Å². The summed E-state index contributed by atoms with van der Waals surface area (Å²) in [5.74, 6) is 1.31. The standard InChI is InChI=1S/C14H14ClN5O/c1-8-10(14(21)18-17-8)7-13-16-9(2)19-20(13)12-6-4-3-5-11(12)15/h3-6H,7H2,1-2H3,(H2,17,18,21). The van der Waals surface area contributed by atoms with Crippen LogP contribution in [0.15, 0.2) is 29.1 Å². The zero-order valence-corrected chi connectivity index (χ0v) is 12.4. The van der Waals surface area contributed by atoms with Crippen molar-refractivity contribution in [2.75, 3.05) is 0 Å². The van der Waals surface area contributed by atoms with Gasteiger partial charge < -0.3 is 5.10 Å². The number of nitrogens with one attached hydrogen (secondary N) is 2. The van der Waals surface area contributed by atoms with E-state index in [1.807, 2.05) is 32.0 Å². The lowest BCUT2D eigenvalue weighted by Crippen LogP contribution is -2.11. The highest BCUT2D eigenvalue weighted by molar-refractivity contribution is 6.32. The normalized spacial score (nSPS) is 11.0. The summed E-state index contributed by atoms with van der Waals surface area (Å²) in [6.45, 7) is 3.65. The molecule has 6 nitrogen and oxygen atoms in total. The third-order valence-corrected chi connectivity index (χ3v) is 3.61. The predicted molar refractivity (Wildman–Crippen MR) is 80.1 cm³/mol. The van der Waals surface area contributed by atoms with Gasteiger partial charge in [0.2, 0.25) is 0 Å². The lowest BCUT2D eigenvalue weighted by atomic mass is 10.2. The molecular weight excluding hydrogens is 290 g/mol. The van der Waals surface area contributed by atoms with Gasteiger partial charge in [-0.05, 0) is 26.0 Å². The van der Waals surface area contributed by atoms with Crippen LogP contribution in [0, 0.1) is 13.8 Å². The fourth-order valence-electron chi connectivity index (χ4n) is 2.23. The summed E-state index contributed by atoms with van der Waals surface area (Å²) in [6.07, 6.45) is 0.386. The number of nitrogens with zero attached hydrogens (tertiary/aromatic N) is 3. The second-order valence-corrected chi connectivity index (χ2v) is 5.21. The van der Waals surface area contributed by atoms with E-state index < -0.39 is 0 Å². The molecule has 0 bridgehead atoms. The summed E-state index contributed by atoms with van der Waals surface area (Å²) < 4.78 is 1.68. The summed E-state index contributed by atoms with van der Waals surface area (Å²) >= 11 is 6.22. The van der Waals surface area contributed by atoms with Crippen molar-refractivity contribution >= 4 is 11.6 Å². The molecule has 0 saturated carbocycles. The summed E-state index contributed by atoms with van der Waals surface area (Å²) in [5, 5.41) is 10.4. The molecule has 0 radical (unpaired) electrons. The minimum Gasteiger partial charge on any atom is -0.302 e. The van der Waals surface area contributed by atoms with Crippen molar-refractivity contribution < 1.29 is 0 Å². The number of H-pyrrole nitrogens is 2. The number of rotatable bonds is 3. The highest BCUT2D eigenvalue weighted by Gasteiger charge is 2.15. The van der Waals surface area contributed by atoms with Crippen LogP contribution >= 0.6 is 11.6 Å². The fourth-order valence-corrected chi connectivity index (χ4v) is 2.45. The van der Waals surface area contributed by atoms with Crippen LogP contribution in [0.1, 0.15) is 22.9 Å². The van der Waals surface area contributed by atoms with E-state index in [0.29, 0.717) is 28.7 Å². The molecule has 1 aromatic carbocycles. The van der Waals surface area contributed by atoms with Gasteiger partial charge in [0.05, 0.1) is 10.7 Å². The average Bonchev–Trinajstić information content (AvgIpc) is 2.97. The van der Waals surface area contributed by atoms with Gasteiger partial charge in [0, 0.05) is 17.7 Å². The van der Waals surface area contributed by atoms with E-state index in [4.69, 9.17) is 11.6 Å². The second-order valence-electron chi connectivity index (χ2n) is 4.80. The average molecular weight is 304 g/mol. The van der Waals surface area contributed by atoms with Crippen LogP contribution < -0.4 is 5.56 Å². The van der Waals surface area contributed by atoms with Crippen molar-refractivity contribution in [1.29, 1.82) is 0 Å². The van der Waals surface area contributed by atoms with Crippen molar-refractivity contribution in [2.24, 2.45) is 0 Å². The van der Waals surface area contributed by atoms with Crippen LogP contribution in [-0.4, -0.2) is 25.0 Å². The predicted octanol–water partition coefficient (Wildman–Crippen LogP) is 2.14. The van der Waals surface area contributed by atoms with Crippen molar-refractivity contribution in [3.8, 4) is 5.69 Å². The van der Waals surface area contributed by atoms with Crippen molar-refractivity contribution in [2.45, 2.75) is 20.3 Å². The number of hydrogen-bond acceptors (Lipinski definition) is 3. The Labute approximate surface area is 125 Å². The van der Waals surface area contributed by atoms with Crippen molar-refractivity contribution in [3.05, 3.63) is 62.5 Å². The monoisotopic (exact) mass is 303 g/mol. The minimum atomic E-state index is -0.140. The van der Waals surface area contributed by atoms with E-state index in [-0.39, 0.29) is 5.56 Å². The number of hydrogen-bond donors (Lipinski definition) is 2. The van der Waals surface area contributed by atoms with E-state index >= 15 is 0 Å². The van der Waals surface area contributed by atoms with Gasteiger partial charge in [-0.1, -0.05) is 23.7 Å². The molecule has 2 aromatic heterocycles. The first kappa shape index (κ1) is 13.6. The van der Waals surface area contributed by atoms with Gasteiger partial charge in [0.1, 0.15) is 11.6 Å². The lowest BCUT2D eigenvalue weighted by molar-refractivity contribution is 0.805. The zero-order chi connectivity index (χ0) is 15.0. The van der Waals surface area contributed by atoms with Gasteiger partial charge >= 0.3 is 0 Å². The SMILES string of the molecule is Cc1nc(Cc2c(C)[nH][nH]c2=O)n(-c2ccccc2Cl)n1. The van der Waals surface area contributed by atoms with Gasteiger partial charge in [-0.3, -0.25) is 9.89 Å². The molecule has 0 spiro atoms. The Bertz CT molecular complexity index is 845. The van der Waals surface area contributed by atoms with Gasteiger partial charge in [-0.2, -0.15) is 5.10 Å². The molecule has 0 aliphatic heterocycles. The Morgan fingerprint density at radius 1 is 1.24 bits per heavy atom. The smallest absolute Gasteiger partial charge is 0.267 e. The molecule has 0 amide bonds. The summed E-state index contributed by atoms with van der Waals surface area (Å²) in [4.78, 5) is 16.2. The summed E-state index contributed by atoms with van der Waals surface area (Å²) in [7, 11) is 0. The molecule has 2 heterocycles. The molecule has 2 N–H and O–H groups in total. The maximum absolute atomic E-state index is 11.8. The maximum atomic E-state index is 11.8. The van der Waals surface area contributed by atoms with Gasteiger partial charge in [-0.25, -0.2) is 9.67 Å². The van der Waals surface area contributed by atoms with E-state index in [1.54, 1.807) is 10.7 Å². The second kappa shape index (κ2) is 5.21. The molecule has 0 atom stereocenters. The fraction of sp³-hybridized carbons (Fsp3) is 0.214. The Kier molecular flexibility index (Phi) is 3.39. The zero-order valence-electron chi connectivity index (χ0n) is 11.6. The molecule has 0 fully saturated rings. The lowest BCUT2D eigenvalue weighted by Gasteiger charge is -2.07. The van der Waals surface area contributed by atoms with Gasteiger partial charge in [-0.15, -0.1) is 0 Å². The molecular formula is C14H14ClN5O. The third-order valence-electron chi connectivity index (χ3n) is 3.29. The molecule has 3 aromatic rings. The van der Waals surface area contributed by atoms with Gasteiger partial charge in [0.25, 0.3) is 5.56 Å². The molecule has 0 unspecified atom stereocenters. The highest BCUT2D eigenvalue weighted by atomic mass is 35.5. The number of aryl methyl sites for hydroxylation is 2. The first-order valence-electron chi connectivity index (χ1n) is 6.50. The van der Waals surface area contributed by atoms with Crippen LogP contribution in [0.4, 0.5) is 0 Å². The summed E-state index contributed by atoms with van der Waals surface area (Å²) in [6, 6.07) is 7.41. The quantitative estimate of drug-likeness (QED) is 0.778. The first-order valence-corrected chi connectivity index (χ1v) is 6.87. The Balaban J connectivity index is 2.09. The highest BCUT2D eigenvalue weighted by Crippen LogP contribution is 2.21. The number of halogens is 1. The van der Waals surface area contributed by atoms with Gasteiger partial charge in [0.15, 0.2) is 0 Å². The summed E-state index contributed by atoms with van der Waals surface area (Å²) in [5.41, 5.74) is 2.06. The Hall–Kier alpha value is -2.34. The number of para-hydroxylation sites is 1. The number of aromatic nitrogens is 5. The van der Waals surface area contributed by atoms with Crippen LogP contribution in [0.2, 0.25) is 5.02 Å². The maximum Gasteiger partial charge on any atom is 0.267 e. The topological polar surface area (TPSA) is 79.4 Å². The van der Waals surface area contributed by atoms with Crippen LogP contribution in [0.25, 0.3) is 5.69 Å². The van der Waals surface area contributed by atoms with Crippen molar-refractivity contribution in [1.82, 2.24) is 25.0 Å². The largest absolute Gasteiger partial charge is 0.302 e. The molecule has 0 aliphatic carbocycles. The van der Waals surface area contributed by atoms with E-state index in [9.17, 15) is 4.79 Å². The molecule has 3 rings (SSSR count). The molecule has 0 saturated heterocycles. The molecule has 21 heavy (non-hydrogen) atoms. The van der Waals surface area contributed by atoms with E-state index in [0.717, 1.165) is 11.4 Å². The third kappa shape index (κ3) is 2.50. The Morgan fingerprint density at radius 3 is 2.67 bits per heavy atom. The molecule has 0 aliphatic rings. The van der Waals surface area contributed by atoms with Crippen LogP contribution in [-0.2, 0) is 6.42 Å². The molecule has 108 valence electrons. The first-order chi connectivity index (χ1) is 10.1. The Morgan fingerprint density at radius 2 is 2.00 bits per heavy atom. The number of benzene rings is 1. The van der Waals surface area contributed by atoms with Crippen LogP contribution in [0.3, 0.4) is 0 Å². The minimum absolute atomic E-state index is 0.140. The number of aromatic amines is 2. The molecule has 7 heteroatoms.